The van der Waals surface area contributed by atoms with Gasteiger partial charge in [-0.05, 0) is 44.2 Å². The molecule has 198 valence electrons. The second-order valence-electron chi connectivity index (χ2n) is 8.94. The smallest absolute Gasteiger partial charge is 0.323 e. The minimum absolute atomic E-state index is 0.111. The topological polar surface area (TPSA) is 197 Å². The van der Waals surface area contributed by atoms with E-state index in [2.05, 4.69) is 16.0 Å². The zero-order valence-electron chi connectivity index (χ0n) is 20.3. The Morgan fingerprint density at radius 2 is 1.75 bits per heavy atom. The van der Waals surface area contributed by atoms with Crippen LogP contribution in [-0.2, 0) is 30.4 Å². The van der Waals surface area contributed by atoms with Crippen LogP contribution in [0.25, 0.3) is 0 Å². The van der Waals surface area contributed by atoms with Crippen LogP contribution in [0.3, 0.4) is 0 Å². The summed E-state index contributed by atoms with van der Waals surface area (Å²) in [6.45, 7) is 0.395. The van der Waals surface area contributed by atoms with Gasteiger partial charge < -0.3 is 37.4 Å². The van der Waals surface area contributed by atoms with Crippen LogP contribution in [-0.4, -0.2) is 83.9 Å². The molecule has 1 aromatic carbocycles. The number of likely N-dealkylation sites (tertiary alicyclic amines) is 1. The molecule has 2 rings (SSSR count). The van der Waals surface area contributed by atoms with Gasteiger partial charge in [0.2, 0.25) is 24.1 Å². The van der Waals surface area contributed by atoms with Crippen LogP contribution in [0, 0.1) is 0 Å². The quantitative estimate of drug-likeness (QED) is 0.130. The van der Waals surface area contributed by atoms with E-state index in [1.165, 1.54) is 4.90 Å². The number of nitrogens with zero attached hydrogens (tertiary/aromatic N) is 1. The zero-order chi connectivity index (χ0) is 26.6. The van der Waals surface area contributed by atoms with Crippen molar-refractivity contribution in [2.24, 2.45) is 11.5 Å². The summed E-state index contributed by atoms with van der Waals surface area (Å²) in [5.41, 5.74) is 10.9. The molecule has 1 aliphatic heterocycles. The van der Waals surface area contributed by atoms with Crippen LogP contribution in [0.1, 0.15) is 37.7 Å². The molecule has 1 aromatic rings. The maximum absolute atomic E-state index is 13.1. The summed E-state index contributed by atoms with van der Waals surface area (Å²) < 4.78 is 0. The summed E-state index contributed by atoms with van der Waals surface area (Å²) in [4.78, 5) is 62.1. The minimum Gasteiger partial charge on any atom is -0.480 e. The molecule has 2 atom stereocenters. The van der Waals surface area contributed by atoms with E-state index in [1.54, 1.807) is 0 Å². The summed E-state index contributed by atoms with van der Waals surface area (Å²) in [6, 6.07) is 7.41. The molecular formula is C24H36N6O6. The molecule has 12 heteroatoms. The number of carbonyl (C=O) groups excluding carboxylic acids is 4. The lowest BCUT2D eigenvalue weighted by Gasteiger charge is -2.37. The molecule has 0 aliphatic carbocycles. The van der Waals surface area contributed by atoms with Crippen molar-refractivity contribution in [3.8, 4) is 0 Å². The number of nitrogens with one attached hydrogen (secondary N) is 3. The Morgan fingerprint density at radius 1 is 1.08 bits per heavy atom. The van der Waals surface area contributed by atoms with Gasteiger partial charge in [0.15, 0.2) is 0 Å². The predicted molar refractivity (Wildman–Crippen MR) is 131 cm³/mol. The number of hydrogen-bond donors (Lipinski definition) is 6. The average Bonchev–Trinajstić information content (AvgIpc) is 2.87. The fourth-order valence-electron chi connectivity index (χ4n) is 4.01. The molecule has 0 radical (unpaired) electrons. The summed E-state index contributed by atoms with van der Waals surface area (Å²) in [7, 11) is 0. The van der Waals surface area contributed by atoms with Gasteiger partial charge in [0, 0.05) is 19.5 Å². The first-order valence-electron chi connectivity index (χ1n) is 12.0. The van der Waals surface area contributed by atoms with E-state index in [-0.39, 0.29) is 44.8 Å². The van der Waals surface area contributed by atoms with Gasteiger partial charge in [-0.15, -0.1) is 0 Å². The van der Waals surface area contributed by atoms with Crippen LogP contribution < -0.4 is 27.4 Å². The Bertz CT molecular complexity index is 904. The SMILES string of the molecule is NCCCCC(NC(=O)CNC(=O)C(Cc1ccccc1)NC=O)C(=O)N1CCC(N)(C(=O)O)CC1. The molecule has 0 spiro atoms. The number of carboxylic acids is 1. The van der Waals surface area contributed by atoms with Gasteiger partial charge in [0.25, 0.3) is 0 Å². The van der Waals surface area contributed by atoms with Crippen molar-refractivity contribution >= 4 is 30.1 Å². The van der Waals surface area contributed by atoms with Crippen molar-refractivity contribution in [3.63, 3.8) is 0 Å². The molecule has 2 unspecified atom stereocenters. The number of rotatable bonds is 14. The van der Waals surface area contributed by atoms with Gasteiger partial charge in [-0.25, -0.2) is 0 Å². The Balaban J connectivity index is 1.94. The molecule has 1 heterocycles. The highest BCUT2D eigenvalue weighted by Gasteiger charge is 2.40. The normalized spacial score (nSPS) is 16.3. The van der Waals surface area contributed by atoms with Crippen LogP contribution >= 0.6 is 0 Å². The van der Waals surface area contributed by atoms with Crippen molar-refractivity contribution in [3.05, 3.63) is 35.9 Å². The van der Waals surface area contributed by atoms with E-state index < -0.39 is 35.4 Å². The van der Waals surface area contributed by atoms with Gasteiger partial charge in [-0.2, -0.15) is 0 Å². The van der Waals surface area contributed by atoms with Crippen molar-refractivity contribution in [2.45, 2.75) is 56.1 Å². The number of unbranched alkanes of at least 4 members (excludes halogenated alkanes) is 1. The lowest BCUT2D eigenvalue weighted by Crippen LogP contribution is -2.59. The third kappa shape index (κ3) is 8.61. The van der Waals surface area contributed by atoms with Crippen LogP contribution in [0.4, 0.5) is 0 Å². The monoisotopic (exact) mass is 504 g/mol. The standard InChI is InChI=1S/C24H36N6O6/c25-11-5-4-8-18(22(34)30-12-9-24(26,10-13-30)23(35)36)29-20(32)15-27-21(33)19(28-16-31)14-17-6-2-1-3-7-17/h1-3,6-7,16,18-19H,4-5,8-15,25-26H2,(H,27,33)(H,28,31)(H,29,32)(H,35,36). The molecule has 0 saturated carbocycles. The third-order valence-corrected chi connectivity index (χ3v) is 6.27. The van der Waals surface area contributed by atoms with E-state index in [4.69, 9.17) is 11.5 Å². The van der Waals surface area contributed by atoms with Gasteiger partial charge in [0.1, 0.15) is 17.6 Å². The van der Waals surface area contributed by atoms with E-state index in [0.717, 1.165) is 5.56 Å². The van der Waals surface area contributed by atoms with E-state index in [0.29, 0.717) is 32.2 Å². The average molecular weight is 505 g/mol. The van der Waals surface area contributed by atoms with Crippen molar-refractivity contribution in [1.82, 2.24) is 20.9 Å². The minimum atomic E-state index is -1.37. The molecule has 1 saturated heterocycles. The highest BCUT2D eigenvalue weighted by atomic mass is 16.4. The van der Waals surface area contributed by atoms with Crippen LogP contribution in [0.15, 0.2) is 30.3 Å². The van der Waals surface area contributed by atoms with Crippen LogP contribution in [0.2, 0.25) is 0 Å². The zero-order valence-corrected chi connectivity index (χ0v) is 20.3. The first-order chi connectivity index (χ1) is 17.2. The molecule has 1 fully saturated rings. The summed E-state index contributed by atoms with van der Waals surface area (Å²) in [5, 5.41) is 16.9. The summed E-state index contributed by atoms with van der Waals surface area (Å²) in [5.74, 6) is -2.53. The number of aliphatic carboxylic acids is 1. The number of hydrogen-bond acceptors (Lipinski definition) is 7. The maximum Gasteiger partial charge on any atom is 0.323 e. The molecule has 8 N–H and O–H groups in total. The summed E-state index contributed by atoms with van der Waals surface area (Å²) in [6.07, 6.45) is 2.52. The molecule has 0 bridgehead atoms. The number of nitrogens with two attached hydrogens (primary N) is 2. The van der Waals surface area contributed by atoms with Crippen molar-refractivity contribution < 1.29 is 29.1 Å². The third-order valence-electron chi connectivity index (χ3n) is 6.27. The number of benzene rings is 1. The highest BCUT2D eigenvalue weighted by molar-refractivity contribution is 5.91. The van der Waals surface area contributed by atoms with Gasteiger partial charge >= 0.3 is 5.97 Å². The second-order valence-corrected chi connectivity index (χ2v) is 8.94. The number of carboxylic acid groups (broad SMARTS) is 1. The van der Waals surface area contributed by atoms with Gasteiger partial charge in [0.05, 0.1) is 6.54 Å². The van der Waals surface area contributed by atoms with Crippen molar-refractivity contribution in [1.29, 1.82) is 0 Å². The lowest BCUT2D eigenvalue weighted by molar-refractivity contribution is -0.148. The molecule has 36 heavy (non-hydrogen) atoms. The first-order valence-corrected chi connectivity index (χ1v) is 12.0. The number of carbonyl (C=O) groups is 5. The summed E-state index contributed by atoms with van der Waals surface area (Å²) >= 11 is 0. The van der Waals surface area contributed by atoms with E-state index in [9.17, 15) is 29.1 Å². The largest absolute Gasteiger partial charge is 0.480 e. The fourth-order valence-corrected chi connectivity index (χ4v) is 4.01. The predicted octanol–water partition coefficient (Wildman–Crippen LogP) is -1.52. The first kappa shape index (κ1) is 28.7. The Hall–Kier alpha value is -3.51. The maximum atomic E-state index is 13.1. The van der Waals surface area contributed by atoms with Crippen LogP contribution in [0.5, 0.6) is 0 Å². The second kappa shape index (κ2) is 14.1. The molecule has 12 nitrogen and oxygen atoms in total. The fraction of sp³-hybridized carbons (Fsp3) is 0.542. The Labute approximate surface area is 210 Å². The van der Waals surface area contributed by atoms with E-state index >= 15 is 0 Å². The highest BCUT2D eigenvalue weighted by Crippen LogP contribution is 2.21. The Morgan fingerprint density at radius 3 is 2.33 bits per heavy atom. The number of amides is 4. The van der Waals surface area contributed by atoms with Gasteiger partial charge in [-0.1, -0.05) is 30.3 Å². The van der Waals surface area contributed by atoms with Crippen molar-refractivity contribution in [2.75, 3.05) is 26.2 Å². The molecular weight excluding hydrogens is 468 g/mol. The molecule has 1 aliphatic rings. The number of piperidine rings is 1. The Kier molecular flexibility index (Phi) is 11.3. The lowest BCUT2D eigenvalue weighted by atomic mass is 9.88. The molecule has 0 aromatic heterocycles. The van der Waals surface area contributed by atoms with E-state index in [1.807, 2.05) is 30.3 Å². The van der Waals surface area contributed by atoms with Gasteiger partial charge in [-0.3, -0.25) is 24.0 Å². The molecule has 4 amide bonds.